The topological polar surface area (TPSA) is 152 Å². The molecule has 3 aromatic rings. The van der Waals surface area contributed by atoms with Crippen LogP contribution in [0, 0.1) is 5.92 Å². The molecule has 0 bridgehead atoms. The summed E-state index contributed by atoms with van der Waals surface area (Å²) in [6, 6.07) is 11.7. The molecule has 4 rings (SSSR count). The Labute approximate surface area is 299 Å². The minimum Gasteiger partial charge on any atom is -0.388 e. The Balaban J connectivity index is 1.65. The van der Waals surface area contributed by atoms with Gasteiger partial charge in [-0.05, 0) is 61.4 Å². The molecule has 0 unspecified atom stereocenters. The number of nitrogens with zero attached hydrogens (tertiary/aromatic N) is 6. The number of thioether (sulfide) groups is 1. The number of pyridine rings is 1. The quantitative estimate of drug-likeness (QED) is 0.282. The number of ether oxygens (including phenoxy) is 3. The highest BCUT2D eigenvalue weighted by molar-refractivity contribution is 7.99. The summed E-state index contributed by atoms with van der Waals surface area (Å²) in [4.78, 5) is 35.3. The van der Waals surface area contributed by atoms with Gasteiger partial charge in [-0.3, -0.25) is 19.1 Å². The zero-order chi connectivity index (χ0) is 36.0. The Morgan fingerprint density at radius 1 is 1.02 bits per heavy atom. The SMILES string of the molecule is CCc1ccc(-n2c(SCC(=O)N3CCCCOC[C@@H](O)[C@@H](O)[C@H](OC)CN(C(=O)COC)C[C@@H]3CC(C)C)nnc2-c2ccncc2)cc1. The fourth-order valence-electron chi connectivity index (χ4n) is 6.05. The average Bonchev–Trinajstić information content (AvgIpc) is 3.55. The van der Waals surface area contributed by atoms with E-state index in [1.54, 1.807) is 17.3 Å². The number of carbonyl (C=O) groups is 2. The molecule has 4 atom stereocenters. The van der Waals surface area contributed by atoms with Gasteiger partial charge in [0.25, 0.3) is 0 Å². The zero-order valence-electron chi connectivity index (χ0n) is 29.8. The van der Waals surface area contributed by atoms with Crippen molar-refractivity contribution in [3.63, 3.8) is 0 Å². The van der Waals surface area contributed by atoms with Gasteiger partial charge in [0.05, 0.1) is 12.4 Å². The second-order valence-corrected chi connectivity index (χ2v) is 13.8. The van der Waals surface area contributed by atoms with Crippen LogP contribution in [0.3, 0.4) is 0 Å². The molecule has 274 valence electrons. The highest BCUT2D eigenvalue weighted by Crippen LogP contribution is 2.29. The largest absolute Gasteiger partial charge is 0.388 e. The number of benzene rings is 1. The Morgan fingerprint density at radius 2 is 1.76 bits per heavy atom. The summed E-state index contributed by atoms with van der Waals surface area (Å²) in [5.41, 5.74) is 2.95. The summed E-state index contributed by atoms with van der Waals surface area (Å²) in [5.74, 6) is 0.570. The molecule has 0 spiro atoms. The molecule has 0 aliphatic carbocycles. The third-order valence-corrected chi connectivity index (χ3v) is 9.67. The molecule has 14 heteroatoms. The second kappa shape index (κ2) is 19.8. The van der Waals surface area contributed by atoms with E-state index in [-0.39, 0.29) is 55.8 Å². The second-order valence-electron chi connectivity index (χ2n) is 12.9. The van der Waals surface area contributed by atoms with Gasteiger partial charge >= 0.3 is 0 Å². The van der Waals surface area contributed by atoms with Crippen LogP contribution in [0.15, 0.2) is 53.9 Å². The molecule has 0 radical (unpaired) electrons. The lowest BCUT2D eigenvalue weighted by Crippen LogP contribution is -2.54. The Kier molecular flexibility index (Phi) is 15.6. The standard InChI is InChI=1S/C36H52N6O7S/c1-6-26-9-11-28(12-10-26)42-35(27-13-15-37-16-14-27)38-39-36(42)50-24-33(45)41-17-7-8-18-49-22-30(43)34(46)31(48-5)21-40(32(44)23-47-4)20-29(41)19-25(2)3/h9-16,25,29-31,34,43,46H,6-8,17-24H2,1-5H3/t29-,30+,31+,34+/m0/s1. The van der Waals surface area contributed by atoms with Gasteiger partial charge in [-0.1, -0.05) is 44.7 Å². The van der Waals surface area contributed by atoms with Gasteiger partial charge in [-0.25, -0.2) is 0 Å². The Hall–Kier alpha value is -3.40. The zero-order valence-corrected chi connectivity index (χ0v) is 30.6. The lowest BCUT2D eigenvalue weighted by Gasteiger charge is -2.38. The monoisotopic (exact) mass is 712 g/mol. The van der Waals surface area contributed by atoms with E-state index in [0.717, 1.165) is 17.7 Å². The van der Waals surface area contributed by atoms with E-state index in [4.69, 9.17) is 14.2 Å². The van der Waals surface area contributed by atoms with Gasteiger partial charge in [0, 0.05) is 70.1 Å². The normalized spacial score (nSPS) is 21.3. The van der Waals surface area contributed by atoms with Gasteiger partial charge in [-0.15, -0.1) is 10.2 Å². The van der Waals surface area contributed by atoms with Crippen LogP contribution in [-0.2, 0) is 30.2 Å². The highest BCUT2D eigenvalue weighted by atomic mass is 32.2. The van der Waals surface area contributed by atoms with Gasteiger partial charge < -0.3 is 34.2 Å². The number of rotatable bonds is 11. The number of aryl methyl sites for hydroxylation is 1. The van der Waals surface area contributed by atoms with Gasteiger partial charge in [0.1, 0.15) is 24.9 Å². The maximum Gasteiger partial charge on any atom is 0.248 e. The molecule has 1 aliphatic heterocycles. The number of carbonyl (C=O) groups excluding carboxylic acids is 2. The molecule has 1 fully saturated rings. The number of aliphatic hydroxyl groups is 2. The predicted molar refractivity (Wildman–Crippen MR) is 191 cm³/mol. The van der Waals surface area contributed by atoms with Crippen LogP contribution >= 0.6 is 11.8 Å². The number of aliphatic hydroxyl groups excluding tert-OH is 2. The summed E-state index contributed by atoms with van der Waals surface area (Å²) in [6.45, 7) is 7.06. The van der Waals surface area contributed by atoms with E-state index in [1.165, 1.54) is 31.5 Å². The van der Waals surface area contributed by atoms with Crippen LogP contribution < -0.4 is 0 Å². The third-order valence-electron chi connectivity index (χ3n) is 8.76. The summed E-state index contributed by atoms with van der Waals surface area (Å²) >= 11 is 1.32. The van der Waals surface area contributed by atoms with Crippen molar-refractivity contribution >= 4 is 23.6 Å². The van der Waals surface area contributed by atoms with Gasteiger partial charge in [0.2, 0.25) is 11.8 Å². The Morgan fingerprint density at radius 3 is 2.42 bits per heavy atom. The van der Waals surface area contributed by atoms with Crippen molar-refractivity contribution in [2.24, 2.45) is 5.92 Å². The molecule has 3 heterocycles. The minimum absolute atomic E-state index is 0.00000447. The van der Waals surface area contributed by atoms with Crippen molar-refractivity contribution in [3.05, 3.63) is 54.4 Å². The number of hydrogen-bond acceptors (Lipinski definition) is 11. The van der Waals surface area contributed by atoms with Crippen LogP contribution in [0.4, 0.5) is 0 Å². The van der Waals surface area contributed by atoms with Crippen molar-refractivity contribution in [3.8, 4) is 17.1 Å². The number of hydrogen-bond donors (Lipinski definition) is 2. The third kappa shape index (κ3) is 10.8. The van der Waals surface area contributed by atoms with Crippen LogP contribution in [0.2, 0.25) is 0 Å². The van der Waals surface area contributed by atoms with E-state index in [1.807, 2.05) is 33.7 Å². The first kappa shape index (κ1) is 39.4. The average molecular weight is 713 g/mol. The minimum atomic E-state index is -1.29. The molecular formula is C36H52N6O7S. The van der Waals surface area contributed by atoms with E-state index in [2.05, 4.69) is 48.1 Å². The number of methoxy groups -OCH3 is 2. The molecule has 1 saturated heterocycles. The van der Waals surface area contributed by atoms with Crippen molar-refractivity contribution < 1.29 is 34.0 Å². The lowest BCUT2D eigenvalue weighted by molar-refractivity contribution is -0.145. The van der Waals surface area contributed by atoms with Crippen molar-refractivity contribution in [2.45, 2.75) is 76.0 Å². The first-order valence-electron chi connectivity index (χ1n) is 17.3. The molecule has 0 saturated carbocycles. The molecule has 1 aromatic carbocycles. The fraction of sp³-hybridized carbons (Fsp3) is 0.583. The molecular weight excluding hydrogens is 660 g/mol. The van der Waals surface area contributed by atoms with Crippen molar-refractivity contribution in [1.82, 2.24) is 29.5 Å². The summed E-state index contributed by atoms with van der Waals surface area (Å²) in [5, 5.41) is 31.1. The molecule has 2 amide bonds. The van der Waals surface area contributed by atoms with Crippen molar-refractivity contribution in [2.75, 3.05) is 59.4 Å². The van der Waals surface area contributed by atoms with Crippen LogP contribution in [0.25, 0.3) is 17.1 Å². The van der Waals surface area contributed by atoms with Crippen LogP contribution in [-0.4, -0.2) is 135 Å². The van der Waals surface area contributed by atoms with E-state index < -0.39 is 18.3 Å². The van der Waals surface area contributed by atoms with Crippen LogP contribution in [0.1, 0.15) is 45.6 Å². The smallest absolute Gasteiger partial charge is 0.248 e. The van der Waals surface area contributed by atoms with E-state index in [9.17, 15) is 19.8 Å². The van der Waals surface area contributed by atoms with E-state index >= 15 is 0 Å². The molecule has 1 aliphatic rings. The number of aromatic nitrogens is 4. The summed E-state index contributed by atoms with van der Waals surface area (Å²) in [6.07, 6.45) is 2.92. The molecule has 2 aromatic heterocycles. The summed E-state index contributed by atoms with van der Waals surface area (Å²) < 4.78 is 18.4. The highest BCUT2D eigenvalue weighted by Gasteiger charge is 2.34. The van der Waals surface area contributed by atoms with Gasteiger partial charge in [0.15, 0.2) is 11.0 Å². The Bertz CT molecular complexity index is 1480. The molecule has 13 nitrogen and oxygen atoms in total. The van der Waals surface area contributed by atoms with Crippen LogP contribution in [0.5, 0.6) is 0 Å². The molecule has 50 heavy (non-hydrogen) atoms. The predicted octanol–water partition coefficient (Wildman–Crippen LogP) is 3.25. The maximum absolute atomic E-state index is 14.3. The number of amides is 2. The van der Waals surface area contributed by atoms with Crippen molar-refractivity contribution in [1.29, 1.82) is 0 Å². The first-order chi connectivity index (χ1) is 24.2. The fourth-order valence-corrected chi connectivity index (χ4v) is 6.89. The van der Waals surface area contributed by atoms with E-state index in [0.29, 0.717) is 43.4 Å². The van der Waals surface area contributed by atoms with Gasteiger partial charge in [-0.2, -0.15) is 0 Å². The summed E-state index contributed by atoms with van der Waals surface area (Å²) in [7, 11) is 2.88. The lowest BCUT2D eigenvalue weighted by atomic mass is 10.00. The molecule has 2 N–H and O–H groups in total. The first-order valence-corrected chi connectivity index (χ1v) is 18.3. The maximum atomic E-state index is 14.3.